The second kappa shape index (κ2) is 1.58. The van der Waals surface area contributed by atoms with Crippen LogP contribution in [0.3, 0.4) is 0 Å². The SMILES string of the molecule is CC(C)=[N+]1CC([O-])=N1. The Morgan fingerprint density at radius 3 is 2.38 bits per heavy atom. The molecule has 0 bridgehead atoms. The van der Waals surface area contributed by atoms with Crippen LogP contribution in [0.15, 0.2) is 5.10 Å². The third-order valence-corrected chi connectivity index (χ3v) is 1.03. The summed E-state index contributed by atoms with van der Waals surface area (Å²) >= 11 is 0. The molecule has 0 aromatic heterocycles. The van der Waals surface area contributed by atoms with Crippen LogP contribution in [0, 0.1) is 0 Å². The van der Waals surface area contributed by atoms with Crippen molar-refractivity contribution in [1.29, 1.82) is 0 Å². The van der Waals surface area contributed by atoms with Gasteiger partial charge in [0.2, 0.25) is 6.54 Å². The van der Waals surface area contributed by atoms with Crippen molar-refractivity contribution in [2.75, 3.05) is 6.54 Å². The first kappa shape index (κ1) is 5.28. The molecule has 0 radical (unpaired) electrons. The van der Waals surface area contributed by atoms with Crippen LogP contribution >= 0.6 is 0 Å². The Labute approximate surface area is 48.0 Å². The molecule has 3 heteroatoms. The van der Waals surface area contributed by atoms with Crippen LogP contribution in [0.4, 0.5) is 0 Å². The summed E-state index contributed by atoms with van der Waals surface area (Å²) in [5, 5.41) is 13.8. The van der Waals surface area contributed by atoms with Gasteiger partial charge < -0.3 is 5.11 Å². The van der Waals surface area contributed by atoms with E-state index in [9.17, 15) is 5.11 Å². The van der Waals surface area contributed by atoms with Crippen LogP contribution in [-0.2, 0) is 0 Å². The lowest BCUT2D eigenvalue weighted by Gasteiger charge is -2.12. The Morgan fingerprint density at radius 2 is 2.25 bits per heavy atom. The van der Waals surface area contributed by atoms with Crippen molar-refractivity contribution < 1.29 is 9.79 Å². The van der Waals surface area contributed by atoms with Gasteiger partial charge >= 0.3 is 0 Å². The molecule has 0 aromatic rings. The van der Waals surface area contributed by atoms with Crippen molar-refractivity contribution in [3.8, 4) is 0 Å². The predicted octanol–water partition coefficient (Wildman–Crippen LogP) is -0.833. The molecule has 1 aliphatic rings. The highest BCUT2D eigenvalue weighted by atomic mass is 16.3. The smallest absolute Gasteiger partial charge is 0.208 e. The van der Waals surface area contributed by atoms with E-state index in [2.05, 4.69) is 5.10 Å². The molecule has 0 spiro atoms. The van der Waals surface area contributed by atoms with E-state index in [-0.39, 0.29) is 5.90 Å². The van der Waals surface area contributed by atoms with Gasteiger partial charge in [-0.2, -0.15) is 0 Å². The third-order valence-electron chi connectivity index (χ3n) is 1.03. The van der Waals surface area contributed by atoms with Gasteiger partial charge in [0.15, 0.2) is 5.71 Å². The molecule has 1 heterocycles. The molecule has 1 aliphatic heterocycles. The van der Waals surface area contributed by atoms with E-state index < -0.39 is 0 Å². The largest absolute Gasteiger partial charge is 0.853 e. The Hall–Kier alpha value is -0.860. The average Bonchev–Trinajstić information content (AvgIpc) is 1.57. The Bertz CT molecular complexity index is 165. The van der Waals surface area contributed by atoms with Crippen molar-refractivity contribution in [2.45, 2.75) is 13.8 Å². The van der Waals surface area contributed by atoms with Gasteiger partial charge in [-0.3, -0.25) is 0 Å². The average molecular weight is 112 g/mol. The molecule has 0 N–H and O–H groups in total. The molecule has 0 unspecified atom stereocenters. The number of hydrogen-bond donors (Lipinski definition) is 0. The summed E-state index contributed by atoms with van der Waals surface area (Å²) in [6.45, 7) is 4.33. The molecule has 0 atom stereocenters. The highest BCUT2D eigenvalue weighted by molar-refractivity contribution is 5.80. The van der Waals surface area contributed by atoms with E-state index >= 15 is 0 Å². The van der Waals surface area contributed by atoms with Crippen LogP contribution in [0.5, 0.6) is 0 Å². The van der Waals surface area contributed by atoms with Crippen LogP contribution in [-0.4, -0.2) is 22.8 Å². The van der Waals surface area contributed by atoms with E-state index in [4.69, 9.17) is 0 Å². The Kier molecular flexibility index (Phi) is 1.04. The standard InChI is InChI=1S/C5H8N2O/c1-4(2)7-3-5(8)6-7/h3H2,1-2H3. The minimum Gasteiger partial charge on any atom is -0.853 e. The summed E-state index contributed by atoms with van der Waals surface area (Å²) in [5.74, 6) is -0.0220. The predicted molar refractivity (Wildman–Crippen MR) is 28.9 cm³/mol. The lowest BCUT2D eigenvalue weighted by Crippen LogP contribution is -2.39. The summed E-state index contributed by atoms with van der Waals surface area (Å²) in [5.41, 5.74) is 1.07. The van der Waals surface area contributed by atoms with Crippen molar-refractivity contribution >= 4 is 11.6 Å². The Morgan fingerprint density at radius 1 is 1.75 bits per heavy atom. The molecule has 44 valence electrons. The maximum atomic E-state index is 10.2. The topological polar surface area (TPSA) is 38.4 Å². The summed E-state index contributed by atoms with van der Waals surface area (Å²) < 4.78 is 1.68. The van der Waals surface area contributed by atoms with Gasteiger partial charge in [0.1, 0.15) is 5.90 Å². The second-order valence-electron chi connectivity index (χ2n) is 2.00. The number of nitrogens with zero attached hydrogens (tertiary/aromatic N) is 2. The maximum absolute atomic E-state index is 10.2. The van der Waals surface area contributed by atoms with Crippen molar-refractivity contribution in [2.24, 2.45) is 5.10 Å². The number of hydrogen-bond acceptors (Lipinski definition) is 2. The van der Waals surface area contributed by atoms with Crippen LogP contribution < -0.4 is 5.11 Å². The zero-order valence-corrected chi connectivity index (χ0v) is 5.01. The minimum atomic E-state index is -0.0220. The van der Waals surface area contributed by atoms with E-state index in [1.54, 1.807) is 4.68 Å². The van der Waals surface area contributed by atoms with Gasteiger partial charge in [-0.25, -0.2) is 0 Å². The van der Waals surface area contributed by atoms with Crippen LogP contribution in [0.25, 0.3) is 0 Å². The lowest BCUT2D eigenvalue weighted by atomic mass is 10.4. The molecule has 0 aromatic carbocycles. The molecule has 0 amide bonds. The molecule has 0 saturated heterocycles. The fourth-order valence-electron chi connectivity index (χ4n) is 0.510. The van der Waals surface area contributed by atoms with E-state index in [1.807, 2.05) is 13.8 Å². The summed E-state index contributed by atoms with van der Waals surface area (Å²) in [4.78, 5) is 0. The van der Waals surface area contributed by atoms with Gasteiger partial charge in [-0.15, -0.1) is 0 Å². The first-order valence-electron chi connectivity index (χ1n) is 2.52. The molecular weight excluding hydrogens is 104 g/mol. The quantitative estimate of drug-likeness (QED) is 0.377. The van der Waals surface area contributed by atoms with Gasteiger partial charge in [-0.1, -0.05) is 4.68 Å². The lowest BCUT2D eigenvalue weighted by molar-refractivity contribution is -0.563. The van der Waals surface area contributed by atoms with E-state index in [1.165, 1.54) is 0 Å². The highest BCUT2D eigenvalue weighted by Crippen LogP contribution is 1.91. The van der Waals surface area contributed by atoms with Gasteiger partial charge in [0.25, 0.3) is 0 Å². The summed E-state index contributed by atoms with van der Waals surface area (Å²) in [6, 6.07) is 0. The Balaban J connectivity index is 2.73. The van der Waals surface area contributed by atoms with Crippen molar-refractivity contribution in [1.82, 2.24) is 0 Å². The molecule has 0 aliphatic carbocycles. The maximum Gasteiger partial charge on any atom is 0.208 e. The van der Waals surface area contributed by atoms with Crippen LogP contribution in [0.2, 0.25) is 0 Å². The molecule has 0 fully saturated rings. The second-order valence-corrected chi connectivity index (χ2v) is 2.00. The fraction of sp³-hybridized carbons (Fsp3) is 0.600. The zero-order valence-electron chi connectivity index (χ0n) is 5.01. The fourth-order valence-corrected chi connectivity index (χ4v) is 0.510. The monoisotopic (exact) mass is 112 g/mol. The van der Waals surface area contributed by atoms with Gasteiger partial charge in [-0.05, 0) is 5.10 Å². The molecule has 8 heavy (non-hydrogen) atoms. The van der Waals surface area contributed by atoms with Crippen molar-refractivity contribution in [3.05, 3.63) is 0 Å². The third kappa shape index (κ3) is 0.710. The zero-order chi connectivity index (χ0) is 6.15. The minimum absolute atomic E-state index is 0.0220. The van der Waals surface area contributed by atoms with Crippen molar-refractivity contribution in [3.63, 3.8) is 0 Å². The first-order chi connectivity index (χ1) is 3.70. The van der Waals surface area contributed by atoms with Crippen LogP contribution in [0.1, 0.15) is 13.8 Å². The molecule has 1 rings (SSSR count). The van der Waals surface area contributed by atoms with Gasteiger partial charge in [0, 0.05) is 13.8 Å². The van der Waals surface area contributed by atoms with Gasteiger partial charge in [0.05, 0.1) is 0 Å². The molecule has 3 nitrogen and oxygen atoms in total. The van der Waals surface area contributed by atoms with E-state index in [0.29, 0.717) is 6.54 Å². The summed E-state index contributed by atoms with van der Waals surface area (Å²) in [6.07, 6.45) is 0. The van der Waals surface area contributed by atoms with E-state index in [0.717, 1.165) is 5.71 Å². The first-order valence-corrected chi connectivity index (χ1v) is 2.52. The normalized spacial score (nSPS) is 17.2. The summed E-state index contributed by atoms with van der Waals surface area (Å²) in [7, 11) is 0. The molecular formula is C5H8N2O. The number of hydrazone groups is 1. The molecule has 0 saturated carbocycles. The number of rotatable bonds is 0. The highest BCUT2D eigenvalue weighted by Gasteiger charge is 2.14.